The van der Waals surface area contributed by atoms with Crippen LogP contribution in [0.3, 0.4) is 0 Å². The quantitative estimate of drug-likeness (QED) is 0.606. The van der Waals surface area contributed by atoms with Gasteiger partial charge in [0, 0.05) is 11.1 Å². The average molecular weight is 287 g/mol. The van der Waals surface area contributed by atoms with E-state index in [4.69, 9.17) is 11.6 Å². The summed E-state index contributed by atoms with van der Waals surface area (Å²) in [5.41, 5.74) is 0.535. The van der Waals surface area contributed by atoms with Gasteiger partial charge < -0.3 is 0 Å². The lowest BCUT2D eigenvalue weighted by atomic mass is 9.98. The van der Waals surface area contributed by atoms with Gasteiger partial charge in [-0.1, -0.05) is 25.4 Å². The molecule has 0 radical (unpaired) electrons. The van der Waals surface area contributed by atoms with Gasteiger partial charge in [-0.05, 0) is 18.1 Å². The fourth-order valence-corrected chi connectivity index (χ4v) is 2.16. The molecule has 1 heterocycles. The van der Waals surface area contributed by atoms with E-state index in [1.807, 2.05) is 13.8 Å². The molecular weight excluding hydrogens is 277 g/mol. The number of aromatic nitrogens is 2. The zero-order valence-electron chi connectivity index (χ0n) is 10.2. The van der Waals surface area contributed by atoms with E-state index in [1.165, 1.54) is 0 Å². The zero-order valence-corrected chi connectivity index (χ0v) is 11.0. The Hall–Kier alpha value is -1.62. The lowest BCUT2D eigenvalue weighted by Crippen LogP contribution is -2.02. The molecule has 0 unspecified atom stereocenters. The highest BCUT2D eigenvalue weighted by Crippen LogP contribution is 2.33. The third-order valence-electron chi connectivity index (χ3n) is 2.70. The maximum Gasteiger partial charge on any atom is 0.195 e. The van der Waals surface area contributed by atoms with Gasteiger partial charge in [-0.2, -0.15) is 0 Å². The Balaban J connectivity index is 2.73. The van der Waals surface area contributed by atoms with Gasteiger partial charge in [0.05, 0.1) is 5.69 Å². The van der Waals surface area contributed by atoms with Crippen LogP contribution in [-0.2, 0) is 0 Å². The Morgan fingerprint density at radius 1 is 1.05 bits per heavy atom. The lowest BCUT2D eigenvalue weighted by Gasteiger charge is -2.13. The van der Waals surface area contributed by atoms with Crippen LogP contribution in [0.5, 0.6) is 0 Å². The molecule has 0 fully saturated rings. The fraction of sp³-hybridized carbons (Fsp3) is 0.231. The highest BCUT2D eigenvalue weighted by atomic mass is 35.5. The Morgan fingerprint density at radius 2 is 1.74 bits per heavy atom. The summed E-state index contributed by atoms with van der Waals surface area (Å²) < 4.78 is 40.0. The van der Waals surface area contributed by atoms with E-state index < -0.39 is 17.5 Å². The first-order chi connectivity index (χ1) is 8.93. The fourth-order valence-electron chi connectivity index (χ4n) is 1.81. The normalized spacial score (nSPS) is 11.1. The maximum atomic E-state index is 13.8. The molecule has 0 spiro atoms. The van der Waals surface area contributed by atoms with Crippen LogP contribution in [0.4, 0.5) is 13.2 Å². The first-order valence-corrected chi connectivity index (χ1v) is 5.95. The molecule has 0 amide bonds. The summed E-state index contributed by atoms with van der Waals surface area (Å²) in [6, 6.07) is 1.99. The Bertz CT molecular complexity index is 630. The van der Waals surface area contributed by atoms with E-state index in [-0.39, 0.29) is 22.3 Å². The summed E-state index contributed by atoms with van der Waals surface area (Å²) in [4.78, 5) is 7.76. The van der Waals surface area contributed by atoms with E-state index in [1.54, 1.807) is 0 Å². The summed E-state index contributed by atoms with van der Waals surface area (Å²) >= 11 is 5.96. The number of benzene rings is 1. The van der Waals surface area contributed by atoms with Crippen LogP contribution in [-0.4, -0.2) is 9.97 Å². The molecule has 2 aromatic rings. The van der Waals surface area contributed by atoms with Crippen LogP contribution in [0, 0.1) is 17.5 Å². The van der Waals surface area contributed by atoms with Crippen molar-refractivity contribution in [2.75, 3.05) is 0 Å². The first-order valence-electron chi connectivity index (χ1n) is 5.57. The van der Waals surface area contributed by atoms with Crippen molar-refractivity contribution < 1.29 is 13.2 Å². The second-order valence-electron chi connectivity index (χ2n) is 4.30. The molecule has 100 valence electrons. The molecule has 0 atom stereocenters. The second kappa shape index (κ2) is 5.17. The summed E-state index contributed by atoms with van der Waals surface area (Å²) in [6.07, 6.45) is 1.16. The Kier molecular flexibility index (Phi) is 3.75. The molecule has 0 aliphatic rings. The summed E-state index contributed by atoms with van der Waals surface area (Å²) in [6.45, 7) is 3.65. The monoisotopic (exact) mass is 286 g/mol. The molecule has 2 rings (SSSR count). The molecular formula is C13H10ClF3N2. The predicted molar refractivity (Wildman–Crippen MR) is 66.4 cm³/mol. The molecule has 6 heteroatoms. The number of rotatable bonds is 2. The van der Waals surface area contributed by atoms with E-state index in [9.17, 15) is 13.2 Å². The molecule has 0 bridgehead atoms. The molecule has 0 aliphatic heterocycles. The molecule has 0 saturated carbocycles. The van der Waals surface area contributed by atoms with Crippen LogP contribution in [0.1, 0.15) is 25.3 Å². The standard InChI is InChI=1S/C13H10ClF3N2/c1-6(2)9-12(18-5-19-13(9)14)7-3-4-8(15)11(17)10(7)16/h3-6H,1-2H3. The largest absolute Gasteiger partial charge is 0.236 e. The average Bonchev–Trinajstić information content (AvgIpc) is 2.35. The topological polar surface area (TPSA) is 25.8 Å². The van der Waals surface area contributed by atoms with E-state index in [0.717, 1.165) is 18.5 Å². The van der Waals surface area contributed by atoms with Gasteiger partial charge in [0.1, 0.15) is 11.5 Å². The van der Waals surface area contributed by atoms with Gasteiger partial charge >= 0.3 is 0 Å². The minimum Gasteiger partial charge on any atom is -0.236 e. The van der Waals surface area contributed by atoms with Gasteiger partial charge in [-0.25, -0.2) is 23.1 Å². The van der Waals surface area contributed by atoms with Crippen molar-refractivity contribution >= 4 is 11.6 Å². The summed E-state index contributed by atoms with van der Waals surface area (Å²) in [5, 5.41) is 0.170. The number of hydrogen-bond acceptors (Lipinski definition) is 2. The van der Waals surface area contributed by atoms with Crippen LogP contribution >= 0.6 is 11.6 Å². The molecule has 19 heavy (non-hydrogen) atoms. The van der Waals surface area contributed by atoms with Gasteiger partial charge in [0.25, 0.3) is 0 Å². The molecule has 1 aromatic heterocycles. The molecule has 0 saturated heterocycles. The zero-order chi connectivity index (χ0) is 14.2. The molecule has 1 aromatic carbocycles. The van der Waals surface area contributed by atoms with Crippen molar-refractivity contribution in [1.29, 1.82) is 0 Å². The third kappa shape index (κ3) is 2.42. The van der Waals surface area contributed by atoms with Crippen molar-refractivity contribution in [3.05, 3.63) is 46.6 Å². The van der Waals surface area contributed by atoms with Crippen molar-refractivity contribution in [1.82, 2.24) is 9.97 Å². The van der Waals surface area contributed by atoms with E-state index in [0.29, 0.717) is 5.56 Å². The molecule has 2 nitrogen and oxygen atoms in total. The number of hydrogen-bond donors (Lipinski definition) is 0. The number of halogens is 4. The third-order valence-corrected chi connectivity index (χ3v) is 3.00. The van der Waals surface area contributed by atoms with E-state index in [2.05, 4.69) is 9.97 Å². The highest BCUT2D eigenvalue weighted by molar-refractivity contribution is 6.30. The van der Waals surface area contributed by atoms with Crippen molar-refractivity contribution in [2.45, 2.75) is 19.8 Å². The first kappa shape index (κ1) is 13.8. The summed E-state index contributed by atoms with van der Waals surface area (Å²) in [7, 11) is 0. The van der Waals surface area contributed by atoms with Crippen LogP contribution < -0.4 is 0 Å². The van der Waals surface area contributed by atoms with Gasteiger partial charge in [-0.15, -0.1) is 0 Å². The Morgan fingerprint density at radius 3 is 2.37 bits per heavy atom. The maximum absolute atomic E-state index is 13.8. The van der Waals surface area contributed by atoms with E-state index >= 15 is 0 Å². The summed E-state index contributed by atoms with van der Waals surface area (Å²) in [5.74, 6) is -4.14. The highest BCUT2D eigenvalue weighted by Gasteiger charge is 2.21. The minimum absolute atomic E-state index is 0.0868. The van der Waals surface area contributed by atoms with Crippen LogP contribution in [0.15, 0.2) is 18.5 Å². The van der Waals surface area contributed by atoms with Gasteiger partial charge in [-0.3, -0.25) is 0 Å². The minimum atomic E-state index is -1.53. The molecule has 0 aliphatic carbocycles. The van der Waals surface area contributed by atoms with Crippen LogP contribution in [0.25, 0.3) is 11.3 Å². The van der Waals surface area contributed by atoms with Crippen LogP contribution in [0.2, 0.25) is 5.15 Å². The van der Waals surface area contributed by atoms with Crippen molar-refractivity contribution in [2.24, 2.45) is 0 Å². The smallest absolute Gasteiger partial charge is 0.195 e. The van der Waals surface area contributed by atoms with Crippen molar-refractivity contribution in [3.8, 4) is 11.3 Å². The van der Waals surface area contributed by atoms with Crippen molar-refractivity contribution in [3.63, 3.8) is 0 Å². The number of nitrogens with zero attached hydrogens (tertiary/aromatic N) is 2. The Labute approximate surface area is 113 Å². The SMILES string of the molecule is CC(C)c1c(Cl)ncnc1-c1ccc(F)c(F)c1F. The second-order valence-corrected chi connectivity index (χ2v) is 4.66. The van der Waals surface area contributed by atoms with Gasteiger partial charge in [0.2, 0.25) is 0 Å². The molecule has 0 N–H and O–H groups in total. The predicted octanol–water partition coefficient (Wildman–Crippen LogP) is 4.34. The lowest BCUT2D eigenvalue weighted by molar-refractivity contribution is 0.448. The van der Waals surface area contributed by atoms with Gasteiger partial charge in [0.15, 0.2) is 17.5 Å².